The third-order valence-electron chi connectivity index (χ3n) is 2.37. The quantitative estimate of drug-likeness (QED) is 0.921. The lowest BCUT2D eigenvalue weighted by Gasteiger charge is -2.11. The van der Waals surface area contributed by atoms with Gasteiger partial charge in [-0.15, -0.1) is 0 Å². The molecule has 0 aliphatic rings. The molecular weight excluding hydrogens is 264 g/mol. The fourth-order valence-corrected chi connectivity index (χ4v) is 1.64. The van der Waals surface area contributed by atoms with Gasteiger partial charge in [0.15, 0.2) is 0 Å². The van der Waals surface area contributed by atoms with Crippen LogP contribution >= 0.6 is 11.6 Å². The van der Waals surface area contributed by atoms with Gasteiger partial charge in [-0.05, 0) is 30.7 Å². The first-order valence-electron chi connectivity index (χ1n) is 5.80. The van der Waals surface area contributed by atoms with E-state index in [1.165, 1.54) is 0 Å². The molecule has 0 spiro atoms. The van der Waals surface area contributed by atoms with Gasteiger partial charge in [-0.25, -0.2) is 0 Å². The predicted molar refractivity (Wildman–Crippen MR) is 75.5 cm³/mol. The number of halogens is 1. The van der Waals surface area contributed by atoms with Crippen LogP contribution in [0.25, 0.3) is 0 Å². The molecule has 0 saturated heterocycles. The first kappa shape index (κ1) is 13.5. The van der Waals surface area contributed by atoms with Crippen molar-refractivity contribution in [3.63, 3.8) is 0 Å². The molecule has 0 bridgehead atoms. The Morgan fingerprint density at radius 3 is 2.63 bits per heavy atom. The summed E-state index contributed by atoms with van der Waals surface area (Å²) in [5.41, 5.74) is 1.89. The maximum atomic E-state index is 5.86. The second-order valence-electron chi connectivity index (χ2n) is 4.25. The van der Waals surface area contributed by atoms with Crippen molar-refractivity contribution in [2.75, 3.05) is 24.3 Å². The number of nitrogens with zero attached hydrogens (tertiary/aromatic N) is 5. The van der Waals surface area contributed by atoms with Gasteiger partial charge in [0.1, 0.15) is 0 Å². The van der Waals surface area contributed by atoms with E-state index in [2.05, 4.69) is 25.3 Å². The van der Waals surface area contributed by atoms with Crippen molar-refractivity contribution in [1.29, 1.82) is 0 Å². The van der Waals surface area contributed by atoms with E-state index in [0.29, 0.717) is 18.4 Å². The van der Waals surface area contributed by atoms with E-state index < -0.39 is 0 Å². The normalized spacial score (nSPS) is 10.3. The second-order valence-corrected chi connectivity index (χ2v) is 4.58. The number of pyridine rings is 1. The second kappa shape index (κ2) is 5.79. The van der Waals surface area contributed by atoms with Crippen LogP contribution in [0, 0.1) is 6.92 Å². The molecule has 2 aromatic heterocycles. The van der Waals surface area contributed by atoms with Gasteiger partial charge in [0.25, 0.3) is 0 Å². The Kier molecular flexibility index (Phi) is 4.11. The molecule has 0 aliphatic heterocycles. The van der Waals surface area contributed by atoms with Crippen LogP contribution in [-0.2, 0) is 6.54 Å². The number of hydrogen-bond acceptors (Lipinski definition) is 6. The maximum absolute atomic E-state index is 5.86. The van der Waals surface area contributed by atoms with Crippen molar-refractivity contribution in [2.45, 2.75) is 13.5 Å². The Labute approximate surface area is 116 Å². The smallest absolute Gasteiger partial charge is 0.230 e. The summed E-state index contributed by atoms with van der Waals surface area (Å²) in [5.74, 6) is 0.951. The maximum Gasteiger partial charge on any atom is 0.230 e. The third kappa shape index (κ3) is 3.75. The minimum atomic E-state index is 0.165. The number of nitrogens with one attached hydrogen (secondary N) is 1. The van der Waals surface area contributed by atoms with Crippen LogP contribution in [-0.4, -0.2) is 34.0 Å². The van der Waals surface area contributed by atoms with Gasteiger partial charge >= 0.3 is 0 Å². The average Bonchev–Trinajstić information content (AvgIpc) is 2.36. The Morgan fingerprint density at radius 2 is 1.95 bits per heavy atom. The van der Waals surface area contributed by atoms with Crippen molar-refractivity contribution in [3.05, 3.63) is 34.9 Å². The summed E-state index contributed by atoms with van der Waals surface area (Å²) in [6, 6.07) is 5.86. The highest BCUT2D eigenvalue weighted by Gasteiger charge is 2.06. The Hall–Kier alpha value is -1.95. The average molecular weight is 279 g/mol. The van der Waals surface area contributed by atoms with E-state index in [1.807, 2.05) is 39.2 Å². The summed E-state index contributed by atoms with van der Waals surface area (Å²) in [6.45, 7) is 2.49. The van der Waals surface area contributed by atoms with E-state index in [0.717, 1.165) is 11.4 Å². The van der Waals surface area contributed by atoms with E-state index in [9.17, 15) is 0 Å². The zero-order chi connectivity index (χ0) is 13.8. The lowest BCUT2D eigenvalue weighted by atomic mass is 10.3. The highest BCUT2D eigenvalue weighted by Crippen LogP contribution is 2.12. The number of anilines is 2. The standard InChI is InChI=1S/C12H15ClN6/c1-8-5-4-6-9(15-8)7-14-11-16-10(13)17-12(18-11)19(2)3/h4-6H,7H2,1-3H3,(H,14,16,17,18). The number of aryl methyl sites for hydroxylation is 1. The first-order chi connectivity index (χ1) is 9.04. The van der Waals surface area contributed by atoms with Crippen molar-refractivity contribution in [1.82, 2.24) is 19.9 Å². The topological polar surface area (TPSA) is 66.8 Å². The third-order valence-corrected chi connectivity index (χ3v) is 2.54. The molecule has 0 amide bonds. The molecule has 7 heteroatoms. The molecule has 0 aliphatic carbocycles. The fraction of sp³-hybridized carbons (Fsp3) is 0.333. The highest BCUT2D eigenvalue weighted by molar-refractivity contribution is 6.28. The number of aromatic nitrogens is 4. The van der Waals surface area contributed by atoms with Crippen molar-refractivity contribution >= 4 is 23.5 Å². The summed E-state index contributed by atoms with van der Waals surface area (Å²) in [6.07, 6.45) is 0. The van der Waals surface area contributed by atoms with E-state index >= 15 is 0 Å². The van der Waals surface area contributed by atoms with Crippen LogP contribution in [0.5, 0.6) is 0 Å². The SMILES string of the molecule is Cc1cccc(CNc2nc(Cl)nc(N(C)C)n2)n1. The van der Waals surface area contributed by atoms with Gasteiger partial charge in [0, 0.05) is 19.8 Å². The van der Waals surface area contributed by atoms with Crippen LogP contribution in [0.1, 0.15) is 11.4 Å². The Morgan fingerprint density at radius 1 is 1.16 bits per heavy atom. The van der Waals surface area contributed by atoms with Gasteiger partial charge in [-0.1, -0.05) is 6.07 Å². The van der Waals surface area contributed by atoms with E-state index in [1.54, 1.807) is 4.90 Å². The predicted octanol–water partition coefficient (Wildman–Crippen LogP) is 1.91. The van der Waals surface area contributed by atoms with Gasteiger partial charge in [0.05, 0.1) is 12.2 Å². The number of rotatable bonds is 4. The molecule has 0 atom stereocenters. The van der Waals surface area contributed by atoms with Gasteiger partial charge in [0.2, 0.25) is 17.2 Å². The lowest BCUT2D eigenvalue weighted by molar-refractivity contribution is 0.929. The van der Waals surface area contributed by atoms with Crippen LogP contribution < -0.4 is 10.2 Å². The monoisotopic (exact) mass is 278 g/mol. The summed E-state index contributed by atoms with van der Waals surface area (Å²) in [4.78, 5) is 18.5. The molecule has 2 heterocycles. The van der Waals surface area contributed by atoms with Gasteiger partial charge in [-0.2, -0.15) is 15.0 Å². The lowest BCUT2D eigenvalue weighted by Crippen LogP contribution is -2.15. The largest absolute Gasteiger partial charge is 0.348 e. The molecule has 2 aromatic rings. The van der Waals surface area contributed by atoms with Crippen LogP contribution in [0.4, 0.5) is 11.9 Å². The molecular formula is C12H15ClN6. The summed E-state index contributed by atoms with van der Waals surface area (Å²) >= 11 is 5.86. The number of hydrogen-bond donors (Lipinski definition) is 1. The minimum Gasteiger partial charge on any atom is -0.348 e. The molecule has 0 radical (unpaired) electrons. The Balaban J connectivity index is 2.11. The van der Waals surface area contributed by atoms with Crippen molar-refractivity contribution < 1.29 is 0 Å². The van der Waals surface area contributed by atoms with Gasteiger partial charge in [-0.3, -0.25) is 4.98 Å². The zero-order valence-electron chi connectivity index (χ0n) is 11.1. The molecule has 0 aromatic carbocycles. The van der Waals surface area contributed by atoms with Crippen LogP contribution in [0.15, 0.2) is 18.2 Å². The first-order valence-corrected chi connectivity index (χ1v) is 6.17. The molecule has 100 valence electrons. The molecule has 0 unspecified atom stereocenters. The van der Waals surface area contributed by atoms with Crippen molar-refractivity contribution in [2.24, 2.45) is 0 Å². The summed E-state index contributed by atoms with van der Waals surface area (Å²) in [7, 11) is 3.69. The van der Waals surface area contributed by atoms with Crippen LogP contribution in [0.2, 0.25) is 5.28 Å². The zero-order valence-corrected chi connectivity index (χ0v) is 11.8. The fourth-order valence-electron chi connectivity index (χ4n) is 1.49. The minimum absolute atomic E-state index is 0.165. The summed E-state index contributed by atoms with van der Waals surface area (Å²) in [5, 5.41) is 3.25. The molecule has 1 N–H and O–H groups in total. The van der Waals surface area contributed by atoms with E-state index in [-0.39, 0.29) is 5.28 Å². The highest BCUT2D eigenvalue weighted by atomic mass is 35.5. The van der Waals surface area contributed by atoms with E-state index in [4.69, 9.17) is 11.6 Å². The summed E-state index contributed by atoms with van der Waals surface area (Å²) < 4.78 is 0. The molecule has 6 nitrogen and oxygen atoms in total. The van der Waals surface area contributed by atoms with Crippen LogP contribution in [0.3, 0.4) is 0 Å². The molecule has 2 rings (SSSR count). The Bertz CT molecular complexity index is 572. The van der Waals surface area contributed by atoms with Gasteiger partial charge < -0.3 is 10.2 Å². The molecule has 0 saturated carbocycles. The molecule has 0 fully saturated rings. The van der Waals surface area contributed by atoms with Crippen molar-refractivity contribution in [3.8, 4) is 0 Å². The molecule has 19 heavy (non-hydrogen) atoms.